The van der Waals surface area contributed by atoms with Crippen molar-refractivity contribution in [3.63, 3.8) is 0 Å². The van der Waals surface area contributed by atoms with Gasteiger partial charge < -0.3 is 4.57 Å². The van der Waals surface area contributed by atoms with E-state index in [4.69, 9.17) is 11.6 Å². The summed E-state index contributed by atoms with van der Waals surface area (Å²) >= 11 is 6.38. The lowest BCUT2D eigenvalue weighted by Crippen LogP contribution is -2.29. The number of aromatic nitrogens is 1. The van der Waals surface area contributed by atoms with Crippen LogP contribution >= 0.6 is 11.6 Å². The number of fused-ring (bicyclic) bond motifs is 1. The number of hydrogen-bond acceptors (Lipinski definition) is 3. The van der Waals surface area contributed by atoms with Gasteiger partial charge in [0.2, 0.25) is 0 Å². The van der Waals surface area contributed by atoms with Gasteiger partial charge in [0.05, 0.1) is 11.0 Å². The monoisotopic (exact) mass is 381 g/mol. The van der Waals surface area contributed by atoms with Gasteiger partial charge in [-0.25, -0.2) is 0 Å². The predicted octanol–water partition coefficient (Wildman–Crippen LogP) is 5.05. The molecule has 0 saturated heterocycles. The summed E-state index contributed by atoms with van der Waals surface area (Å²) in [5.41, 5.74) is 3.30. The van der Waals surface area contributed by atoms with Crippen molar-refractivity contribution >= 4 is 17.3 Å². The first-order valence-electron chi connectivity index (χ1n) is 9.00. The fraction of sp³-hybridized carbons (Fsp3) is 0.238. The van der Waals surface area contributed by atoms with Gasteiger partial charge in [0.1, 0.15) is 0 Å². The number of rotatable bonds is 4. The van der Waals surface area contributed by atoms with Crippen LogP contribution in [0, 0.1) is 10.1 Å². The van der Waals surface area contributed by atoms with Gasteiger partial charge in [-0.1, -0.05) is 41.9 Å². The molecular formula is C21H20ClN3O2. The highest BCUT2D eigenvalue weighted by molar-refractivity contribution is 6.31. The average molecular weight is 382 g/mol. The smallest absolute Gasteiger partial charge is 0.269 e. The Morgan fingerprint density at radius 1 is 1.07 bits per heavy atom. The molecule has 0 N–H and O–H groups in total. The first kappa shape index (κ1) is 17.8. The molecule has 1 unspecified atom stereocenters. The van der Waals surface area contributed by atoms with Crippen molar-refractivity contribution in [3.8, 4) is 0 Å². The second-order valence-corrected chi connectivity index (χ2v) is 7.20. The second-order valence-electron chi connectivity index (χ2n) is 6.80. The Bertz CT molecular complexity index is 955. The van der Waals surface area contributed by atoms with E-state index in [-0.39, 0.29) is 16.7 Å². The van der Waals surface area contributed by atoms with Crippen LogP contribution in [-0.4, -0.2) is 20.9 Å². The number of non-ortho nitro benzene ring substituents is 1. The molecular weight excluding hydrogens is 362 g/mol. The first-order chi connectivity index (χ1) is 13.1. The van der Waals surface area contributed by atoms with E-state index >= 15 is 0 Å². The van der Waals surface area contributed by atoms with Gasteiger partial charge in [-0.2, -0.15) is 0 Å². The van der Waals surface area contributed by atoms with Gasteiger partial charge >= 0.3 is 0 Å². The van der Waals surface area contributed by atoms with Gasteiger partial charge in [0.15, 0.2) is 0 Å². The van der Waals surface area contributed by atoms with Crippen molar-refractivity contribution in [2.75, 3.05) is 6.54 Å². The standard InChI is InChI=1S/C21H20ClN3O2/c22-19-10-9-18(25(26)27)14-17(19)15-24-13-5-12-23-11-4-8-20(23)21(24)16-6-2-1-3-7-16/h1-4,6-11,14,21H,5,12-13,15H2. The quantitative estimate of drug-likeness (QED) is 0.469. The highest BCUT2D eigenvalue weighted by atomic mass is 35.5. The molecule has 1 aliphatic heterocycles. The second kappa shape index (κ2) is 7.55. The van der Waals surface area contributed by atoms with Gasteiger partial charge in [0, 0.05) is 48.7 Å². The summed E-state index contributed by atoms with van der Waals surface area (Å²) < 4.78 is 2.30. The molecule has 27 heavy (non-hydrogen) atoms. The lowest BCUT2D eigenvalue weighted by Gasteiger charge is -2.31. The topological polar surface area (TPSA) is 51.3 Å². The molecule has 6 heteroatoms. The van der Waals surface area contributed by atoms with Crippen molar-refractivity contribution < 1.29 is 4.92 Å². The number of benzene rings is 2. The molecule has 0 radical (unpaired) electrons. The first-order valence-corrected chi connectivity index (χ1v) is 9.38. The molecule has 0 fully saturated rings. The van der Waals surface area contributed by atoms with Gasteiger partial charge in [0.25, 0.3) is 5.69 Å². The predicted molar refractivity (Wildman–Crippen MR) is 106 cm³/mol. The summed E-state index contributed by atoms with van der Waals surface area (Å²) in [6, 6.07) is 19.4. The van der Waals surface area contributed by atoms with E-state index in [1.54, 1.807) is 12.1 Å². The molecule has 1 atom stereocenters. The minimum atomic E-state index is -0.373. The Balaban J connectivity index is 1.74. The van der Waals surface area contributed by atoms with Crippen molar-refractivity contribution in [3.05, 3.63) is 98.8 Å². The Morgan fingerprint density at radius 2 is 1.89 bits per heavy atom. The van der Waals surface area contributed by atoms with E-state index in [0.717, 1.165) is 25.1 Å². The van der Waals surface area contributed by atoms with E-state index < -0.39 is 0 Å². The van der Waals surface area contributed by atoms with E-state index in [0.29, 0.717) is 11.6 Å². The molecule has 0 spiro atoms. The van der Waals surface area contributed by atoms with E-state index in [1.165, 1.54) is 17.3 Å². The number of nitrogens with zero attached hydrogens (tertiary/aromatic N) is 3. The Hall–Kier alpha value is -2.63. The average Bonchev–Trinajstić information content (AvgIpc) is 3.05. The highest BCUT2D eigenvalue weighted by Gasteiger charge is 2.28. The lowest BCUT2D eigenvalue weighted by molar-refractivity contribution is -0.384. The van der Waals surface area contributed by atoms with Crippen LogP contribution in [0.2, 0.25) is 5.02 Å². The van der Waals surface area contributed by atoms with Crippen LogP contribution in [0.5, 0.6) is 0 Å². The van der Waals surface area contributed by atoms with Crippen LogP contribution in [0.1, 0.15) is 29.3 Å². The van der Waals surface area contributed by atoms with Gasteiger partial charge in [-0.05, 0) is 35.7 Å². The highest BCUT2D eigenvalue weighted by Crippen LogP contribution is 2.34. The molecule has 4 rings (SSSR count). The molecule has 3 aromatic rings. The third kappa shape index (κ3) is 3.61. The fourth-order valence-corrected chi connectivity index (χ4v) is 4.02. The maximum absolute atomic E-state index is 11.2. The molecule has 2 heterocycles. The maximum Gasteiger partial charge on any atom is 0.269 e. The molecule has 0 saturated carbocycles. The zero-order valence-electron chi connectivity index (χ0n) is 14.8. The summed E-state index contributed by atoms with van der Waals surface area (Å²) in [5, 5.41) is 11.7. The third-order valence-corrected chi connectivity index (χ3v) is 5.45. The van der Waals surface area contributed by atoms with Gasteiger partial charge in [-0.15, -0.1) is 0 Å². The van der Waals surface area contributed by atoms with Crippen LogP contribution in [0.4, 0.5) is 5.69 Å². The third-order valence-electron chi connectivity index (χ3n) is 5.08. The maximum atomic E-state index is 11.2. The van der Waals surface area contributed by atoms with Crippen molar-refractivity contribution in [2.24, 2.45) is 0 Å². The summed E-state index contributed by atoms with van der Waals surface area (Å²) in [4.78, 5) is 13.2. The fourth-order valence-electron chi connectivity index (χ4n) is 3.84. The largest absolute Gasteiger partial charge is 0.350 e. The molecule has 0 bridgehead atoms. The number of nitro benzene ring substituents is 1. The number of nitro groups is 1. The molecule has 5 nitrogen and oxygen atoms in total. The van der Waals surface area contributed by atoms with Gasteiger partial charge in [-0.3, -0.25) is 15.0 Å². The van der Waals surface area contributed by atoms with E-state index in [9.17, 15) is 10.1 Å². The molecule has 138 valence electrons. The van der Waals surface area contributed by atoms with E-state index in [2.05, 4.69) is 39.9 Å². The number of halogens is 1. The SMILES string of the molecule is O=[N+]([O-])c1ccc(Cl)c(CN2CCCn3cccc3C2c2ccccc2)c1. The van der Waals surface area contributed by atoms with Crippen molar-refractivity contribution in [1.82, 2.24) is 9.47 Å². The Morgan fingerprint density at radius 3 is 2.67 bits per heavy atom. The molecule has 0 aliphatic carbocycles. The van der Waals surface area contributed by atoms with Crippen LogP contribution in [-0.2, 0) is 13.1 Å². The summed E-state index contributed by atoms with van der Waals surface area (Å²) in [6.07, 6.45) is 3.13. The van der Waals surface area contributed by atoms with Crippen LogP contribution in [0.15, 0.2) is 66.9 Å². The minimum Gasteiger partial charge on any atom is -0.350 e. The summed E-state index contributed by atoms with van der Waals surface area (Å²) in [7, 11) is 0. The van der Waals surface area contributed by atoms with Crippen molar-refractivity contribution in [1.29, 1.82) is 0 Å². The molecule has 2 aromatic carbocycles. The minimum absolute atomic E-state index is 0.0730. The zero-order chi connectivity index (χ0) is 18.8. The number of hydrogen-bond donors (Lipinski definition) is 0. The summed E-state index contributed by atoms with van der Waals surface area (Å²) in [6.45, 7) is 2.41. The molecule has 1 aliphatic rings. The van der Waals surface area contributed by atoms with E-state index in [1.807, 2.05) is 18.2 Å². The Labute approximate surface area is 162 Å². The van der Waals surface area contributed by atoms with Crippen LogP contribution < -0.4 is 0 Å². The normalized spacial score (nSPS) is 17.3. The lowest BCUT2D eigenvalue weighted by atomic mass is 10.0. The zero-order valence-corrected chi connectivity index (χ0v) is 15.5. The van der Waals surface area contributed by atoms with Crippen LogP contribution in [0.3, 0.4) is 0 Å². The van der Waals surface area contributed by atoms with Crippen molar-refractivity contribution in [2.45, 2.75) is 25.6 Å². The summed E-state index contributed by atoms with van der Waals surface area (Å²) in [5.74, 6) is 0. The molecule has 0 amide bonds. The number of aryl methyl sites for hydroxylation is 1. The Kier molecular flexibility index (Phi) is 4.97. The van der Waals surface area contributed by atoms with Crippen LogP contribution in [0.25, 0.3) is 0 Å². The molecule has 1 aromatic heterocycles.